The van der Waals surface area contributed by atoms with Crippen molar-refractivity contribution in [2.24, 2.45) is 0 Å². The zero-order valence-electron chi connectivity index (χ0n) is 12.5. The van der Waals surface area contributed by atoms with Crippen molar-refractivity contribution in [2.75, 3.05) is 13.1 Å². The van der Waals surface area contributed by atoms with Crippen molar-refractivity contribution in [2.45, 2.75) is 18.8 Å². The number of hydrogen-bond acceptors (Lipinski definition) is 4. The molecule has 7 nitrogen and oxygen atoms in total. The summed E-state index contributed by atoms with van der Waals surface area (Å²) in [5.41, 5.74) is 1.20. The van der Waals surface area contributed by atoms with E-state index in [0.29, 0.717) is 11.7 Å². The molecule has 0 spiro atoms. The Morgan fingerprint density at radius 1 is 1.13 bits per heavy atom. The van der Waals surface area contributed by atoms with E-state index >= 15 is 0 Å². The molecule has 4 heterocycles. The first-order valence-corrected chi connectivity index (χ1v) is 7.72. The molecule has 1 aliphatic rings. The second-order valence-electron chi connectivity index (χ2n) is 5.81. The monoisotopic (exact) mass is 311 g/mol. The SMILES string of the molecule is O=c1ccn(-c2cnc3cc(C4CCNCC4)ccn23)c(=O)[nH]1. The highest BCUT2D eigenvalue weighted by Gasteiger charge is 2.16. The third-order valence-electron chi connectivity index (χ3n) is 4.40. The summed E-state index contributed by atoms with van der Waals surface area (Å²) < 4.78 is 3.23. The lowest BCUT2D eigenvalue weighted by Gasteiger charge is -2.23. The maximum absolute atomic E-state index is 12.0. The lowest BCUT2D eigenvalue weighted by atomic mass is 9.91. The second kappa shape index (κ2) is 5.51. The van der Waals surface area contributed by atoms with Crippen LogP contribution in [0.2, 0.25) is 0 Å². The predicted octanol–water partition coefficient (Wildman–Crippen LogP) is 0.640. The van der Waals surface area contributed by atoms with E-state index in [2.05, 4.69) is 27.4 Å². The number of piperidine rings is 1. The number of nitrogens with one attached hydrogen (secondary N) is 2. The smallest absolute Gasteiger partial charge is 0.317 e. The van der Waals surface area contributed by atoms with Crippen LogP contribution in [0.4, 0.5) is 0 Å². The van der Waals surface area contributed by atoms with E-state index in [1.807, 2.05) is 10.6 Å². The first kappa shape index (κ1) is 14.0. The maximum Gasteiger partial charge on any atom is 0.334 e. The molecule has 1 fully saturated rings. The van der Waals surface area contributed by atoms with Gasteiger partial charge in [-0.1, -0.05) is 0 Å². The van der Waals surface area contributed by atoms with Gasteiger partial charge >= 0.3 is 5.69 Å². The molecule has 23 heavy (non-hydrogen) atoms. The molecule has 0 saturated carbocycles. The summed E-state index contributed by atoms with van der Waals surface area (Å²) in [6, 6.07) is 5.49. The summed E-state index contributed by atoms with van der Waals surface area (Å²) in [6.45, 7) is 2.09. The molecule has 3 aromatic heterocycles. The topological polar surface area (TPSA) is 84.2 Å². The van der Waals surface area contributed by atoms with Crippen LogP contribution in [0.1, 0.15) is 24.3 Å². The maximum atomic E-state index is 12.0. The summed E-state index contributed by atoms with van der Waals surface area (Å²) in [5.74, 6) is 1.16. The van der Waals surface area contributed by atoms with E-state index < -0.39 is 11.2 Å². The number of fused-ring (bicyclic) bond motifs is 1. The summed E-state index contributed by atoms with van der Waals surface area (Å²) >= 11 is 0. The minimum Gasteiger partial charge on any atom is -0.317 e. The van der Waals surface area contributed by atoms with Crippen molar-refractivity contribution in [3.05, 3.63) is 63.2 Å². The van der Waals surface area contributed by atoms with E-state index in [1.165, 1.54) is 22.4 Å². The van der Waals surface area contributed by atoms with Crippen molar-refractivity contribution < 1.29 is 0 Å². The molecule has 7 heteroatoms. The van der Waals surface area contributed by atoms with Crippen LogP contribution in [-0.2, 0) is 0 Å². The summed E-state index contributed by atoms with van der Waals surface area (Å²) in [4.78, 5) is 29.8. The lowest BCUT2D eigenvalue weighted by molar-refractivity contribution is 0.460. The zero-order valence-corrected chi connectivity index (χ0v) is 12.5. The van der Waals surface area contributed by atoms with Crippen LogP contribution in [0.5, 0.6) is 0 Å². The largest absolute Gasteiger partial charge is 0.334 e. The molecule has 3 aromatic rings. The molecule has 0 amide bonds. The fourth-order valence-electron chi connectivity index (χ4n) is 3.17. The third-order valence-corrected chi connectivity index (χ3v) is 4.40. The molecule has 0 unspecified atom stereocenters. The number of hydrogen-bond donors (Lipinski definition) is 2. The van der Waals surface area contributed by atoms with E-state index in [4.69, 9.17) is 0 Å². The fourth-order valence-corrected chi connectivity index (χ4v) is 3.17. The van der Waals surface area contributed by atoms with Gasteiger partial charge in [0.25, 0.3) is 5.56 Å². The molecule has 0 bridgehead atoms. The number of pyridine rings is 1. The number of nitrogens with zero attached hydrogens (tertiary/aromatic N) is 3. The molecule has 4 rings (SSSR count). The van der Waals surface area contributed by atoms with Gasteiger partial charge in [0.1, 0.15) is 11.5 Å². The van der Waals surface area contributed by atoms with Crippen LogP contribution in [0.3, 0.4) is 0 Å². The zero-order chi connectivity index (χ0) is 15.8. The van der Waals surface area contributed by atoms with Crippen LogP contribution >= 0.6 is 0 Å². The molecule has 0 atom stereocenters. The Morgan fingerprint density at radius 3 is 2.74 bits per heavy atom. The van der Waals surface area contributed by atoms with Crippen LogP contribution in [0.15, 0.2) is 46.4 Å². The molecular weight excluding hydrogens is 294 g/mol. The van der Waals surface area contributed by atoms with E-state index in [9.17, 15) is 9.59 Å². The van der Waals surface area contributed by atoms with Crippen molar-refractivity contribution in [3.8, 4) is 5.82 Å². The molecule has 1 saturated heterocycles. The van der Waals surface area contributed by atoms with Gasteiger partial charge in [0.2, 0.25) is 0 Å². The van der Waals surface area contributed by atoms with Crippen molar-refractivity contribution >= 4 is 5.65 Å². The van der Waals surface area contributed by atoms with E-state index in [1.54, 1.807) is 6.20 Å². The Bertz CT molecular complexity index is 962. The van der Waals surface area contributed by atoms with E-state index in [-0.39, 0.29) is 0 Å². The minimum atomic E-state index is -0.471. The molecule has 2 N–H and O–H groups in total. The van der Waals surface area contributed by atoms with Crippen LogP contribution in [0.25, 0.3) is 11.5 Å². The number of aromatic amines is 1. The van der Waals surface area contributed by atoms with Crippen molar-refractivity contribution in [1.82, 2.24) is 24.3 Å². The standard InChI is InChI=1S/C16H17N5O2/c22-14-4-8-21(16(23)19-14)15-10-18-13-9-12(3-7-20(13)15)11-1-5-17-6-2-11/h3-4,7-11,17H,1-2,5-6H2,(H,19,22,23). The Kier molecular flexibility index (Phi) is 3.34. The first-order chi connectivity index (χ1) is 11.2. The molecule has 0 aromatic carbocycles. The van der Waals surface area contributed by atoms with Gasteiger partial charge in [-0.3, -0.25) is 18.7 Å². The molecule has 0 aliphatic carbocycles. The van der Waals surface area contributed by atoms with Crippen LogP contribution in [0, 0.1) is 0 Å². The Labute approximate surface area is 131 Å². The summed E-state index contributed by atoms with van der Waals surface area (Å²) in [7, 11) is 0. The predicted molar refractivity (Wildman–Crippen MR) is 86.3 cm³/mol. The van der Waals surface area contributed by atoms with Gasteiger partial charge in [-0.15, -0.1) is 0 Å². The average Bonchev–Trinajstić information content (AvgIpc) is 2.99. The number of H-pyrrole nitrogens is 1. The highest BCUT2D eigenvalue weighted by Crippen LogP contribution is 2.26. The summed E-state index contributed by atoms with van der Waals surface area (Å²) in [5, 5.41) is 3.37. The third kappa shape index (κ3) is 2.49. The first-order valence-electron chi connectivity index (χ1n) is 7.72. The van der Waals surface area contributed by atoms with E-state index in [0.717, 1.165) is 31.6 Å². The van der Waals surface area contributed by atoms with Gasteiger partial charge in [-0.2, -0.15) is 0 Å². The van der Waals surface area contributed by atoms with Crippen molar-refractivity contribution in [3.63, 3.8) is 0 Å². The molecule has 1 aliphatic heterocycles. The normalized spacial score (nSPS) is 16.0. The van der Waals surface area contributed by atoms with Gasteiger partial charge in [-0.05, 0) is 49.5 Å². The average molecular weight is 311 g/mol. The van der Waals surface area contributed by atoms with Crippen LogP contribution < -0.4 is 16.6 Å². The Morgan fingerprint density at radius 2 is 1.96 bits per heavy atom. The fraction of sp³-hybridized carbons (Fsp3) is 0.312. The number of rotatable bonds is 2. The Balaban J connectivity index is 1.78. The van der Waals surface area contributed by atoms with Gasteiger partial charge in [0.15, 0.2) is 0 Å². The van der Waals surface area contributed by atoms with Gasteiger partial charge in [0, 0.05) is 18.5 Å². The quantitative estimate of drug-likeness (QED) is 0.727. The van der Waals surface area contributed by atoms with Crippen molar-refractivity contribution in [1.29, 1.82) is 0 Å². The van der Waals surface area contributed by atoms with Gasteiger partial charge < -0.3 is 5.32 Å². The number of imidazole rings is 1. The molecule has 0 radical (unpaired) electrons. The van der Waals surface area contributed by atoms with Gasteiger partial charge in [-0.25, -0.2) is 9.78 Å². The minimum absolute atomic E-state index is 0.409. The molecular formula is C16H17N5O2. The second-order valence-corrected chi connectivity index (χ2v) is 5.81. The Hall–Kier alpha value is -2.67. The van der Waals surface area contributed by atoms with Crippen LogP contribution in [-0.4, -0.2) is 32.0 Å². The van der Waals surface area contributed by atoms with Gasteiger partial charge in [0.05, 0.1) is 6.20 Å². The number of aromatic nitrogens is 4. The highest BCUT2D eigenvalue weighted by atomic mass is 16.2. The lowest BCUT2D eigenvalue weighted by Crippen LogP contribution is -2.28. The molecule has 118 valence electrons. The summed E-state index contributed by atoms with van der Waals surface area (Å²) in [6.07, 6.45) is 7.30. The highest BCUT2D eigenvalue weighted by molar-refractivity contribution is 5.48.